The number of rotatable bonds is 1. The highest BCUT2D eigenvalue weighted by atomic mass is 28.3. The van der Waals surface area contributed by atoms with Crippen molar-refractivity contribution in [2.75, 3.05) is 0 Å². The van der Waals surface area contributed by atoms with Crippen molar-refractivity contribution in [2.45, 2.75) is 19.6 Å². The van der Waals surface area contributed by atoms with E-state index in [1.807, 2.05) is 0 Å². The normalized spacial score (nSPS) is 11.3. The zero-order chi connectivity index (χ0) is 18.1. The summed E-state index contributed by atoms with van der Waals surface area (Å²) >= 11 is 0. The lowest BCUT2D eigenvalue weighted by molar-refractivity contribution is 1.65. The van der Waals surface area contributed by atoms with Crippen molar-refractivity contribution in [2.24, 2.45) is 0 Å². The van der Waals surface area contributed by atoms with Crippen LogP contribution in [0, 0.1) is 11.5 Å². The van der Waals surface area contributed by atoms with E-state index in [1.165, 1.54) is 32.7 Å². The molecule has 0 aliphatic carbocycles. The van der Waals surface area contributed by atoms with Crippen molar-refractivity contribution >= 4 is 29.6 Å². The summed E-state index contributed by atoms with van der Waals surface area (Å²) in [7, 11) is -1.45. The Morgan fingerprint density at radius 3 is 1.96 bits per heavy atom. The van der Waals surface area contributed by atoms with Crippen LogP contribution in [-0.4, -0.2) is 8.07 Å². The summed E-state index contributed by atoms with van der Waals surface area (Å²) in [6.07, 6.45) is 0. The van der Waals surface area contributed by atoms with Crippen LogP contribution in [0.15, 0.2) is 78.9 Å². The summed E-state index contributed by atoms with van der Waals surface area (Å²) in [6, 6.07) is 28.1. The zero-order valence-electron chi connectivity index (χ0n) is 15.5. The molecular formula is C25H22Si. The molecule has 0 N–H and O–H groups in total. The molecule has 126 valence electrons. The molecule has 0 fully saturated rings. The van der Waals surface area contributed by atoms with Crippen molar-refractivity contribution in [3.63, 3.8) is 0 Å². The average Bonchev–Trinajstić information content (AvgIpc) is 2.65. The van der Waals surface area contributed by atoms with Gasteiger partial charge in [-0.1, -0.05) is 98.4 Å². The lowest BCUT2D eigenvalue weighted by Gasteiger charge is -2.13. The maximum absolute atomic E-state index is 3.55. The van der Waals surface area contributed by atoms with Crippen LogP contribution < -0.4 is 0 Å². The Labute approximate surface area is 156 Å². The molecule has 4 rings (SSSR count). The van der Waals surface area contributed by atoms with Crippen LogP contribution in [0.3, 0.4) is 0 Å². The van der Waals surface area contributed by atoms with E-state index in [0.29, 0.717) is 0 Å². The lowest BCUT2D eigenvalue weighted by Crippen LogP contribution is -2.16. The van der Waals surface area contributed by atoms with Crippen molar-refractivity contribution < 1.29 is 0 Å². The standard InChI is InChI=1S/C25H22Si/c1-26(2,3)18-17-21-16-15-20-10-5-7-13-23(20)25(21)24-14-8-11-19-9-4-6-12-22(19)24/h4-16H,1-3H3. The van der Waals surface area contributed by atoms with Crippen molar-refractivity contribution in [3.8, 4) is 22.6 Å². The van der Waals surface area contributed by atoms with Crippen LogP contribution in [0.2, 0.25) is 19.6 Å². The van der Waals surface area contributed by atoms with Crippen LogP contribution in [0.5, 0.6) is 0 Å². The van der Waals surface area contributed by atoms with Crippen LogP contribution in [0.1, 0.15) is 5.56 Å². The maximum Gasteiger partial charge on any atom is 0.129 e. The fourth-order valence-electron chi connectivity index (χ4n) is 3.36. The minimum atomic E-state index is -1.45. The quantitative estimate of drug-likeness (QED) is 0.259. The van der Waals surface area contributed by atoms with E-state index in [0.717, 1.165) is 5.56 Å². The second-order valence-electron chi connectivity index (χ2n) is 7.74. The molecule has 0 nitrogen and oxygen atoms in total. The average molecular weight is 351 g/mol. The largest absolute Gasteiger partial charge is 0.129 e. The smallest absolute Gasteiger partial charge is 0.127 e. The molecule has 0 saturated heterocycles. The van der Waals surface area contributed by atoms with Crippen LogP contribution in [-0.2, 0) is 0 Å². The lowest BCUT2D eigenvalue weighted by atomic mass is 9.90. The molecule has 0 saturated carbocycles. The molecule has 0 aromatic heterocycles. The second kappa shape index (κ2) is 6.48. The Kier molecular flexibility index (Phi) is 4.15. The summed E-state index contributed by atoms with van der Waals surface area (Å²) in [5, 5.41) is 5.07. The molecule has 0 unspecified atom stereocenters. The van der Waals surface area contributed by atoms with Crippen molar-refractivity contribution in [3.05, 3.63) is 84.4 Å². The molecule has 4 aromatic carbocycles. The van der Waals surface area contributed by atoms with E-state index >= 15 is 0 Å². The summed E-state index contributed by atoms with van der Waals surface area (Å²) in [6.45, 7) is 6.87. The Morgan fingerprint density at radius 1 is 0.615 bits per heavy atom. The van der Waals surface area contributed by atoms with E-state index in [-0.39, 0.29) is 0 Å². The maximum atomic E-state index is 3.55. The first-order valence-electron chi connectivity index (χ1n) is 9.06. The van der Waals surface area contributed by atoms with Crippen LogP contribution in [0.25, 0.3) is 32.7 Å². The van der Waals surface area contributed by atoms with Gasteiger partial charge in [0.2, 0.25) is 0 Å². The van der Waals surface area contributed by atoms with E-state index in [1.54, 1.807) is 0 Å². The third-order valence-electron chi connectivity index (χ3n) is 4.56. The Hall–Kier alpha value is -2.82. The molecule has 0 radical (unpaired) electrons. The zero-order valence-corrected chi connectivity index (χ0v) is 16.5. The highest BCUT2D eigenvalue weighted by Gasteiger charge is 2.13. The third-order valence-corrected chi connectivity index (χ3v) is 5.44. The van der Waals surface area contributed by atoms with Gasteiger partial charge in [-0.15, -0.1) is 5.54 Å². The predicted molar refractivity (Wildman–Crippen MR) is 117 cm³/mol. The fourth-order valence-corrected chi connectivity index (χ4v) is 3.87. The van der Waals surface area contributed by atoms with Gasteiger partial charge in [-0.2, -0.15) is 0 Å². The SMILES string of the molecule is C[Si](C)(C)C#Cc1ccc2ccccc2c1-c1cccc2ccccc12. The fraction of sp³-hybridized carbons (Fsp3) is 0.120. The first kappa shape index (κ1) is 16.6. The Balaban J connectivity index is 2.10. The van der Waals surface area contributed by atoms with Gasteiger partial charge in [0.1, 0.15) is 8.07 Å². The molecule has 26 heavy (non-hydrogen) atoms. The number of hydrogen-bond donors (Lipinski definition) is 0. The molecule has 0 aliphatic heterocycles. The number of hydrogen-bond acceptors (Lipinski definition) is 0. The molecule has 0 amide bonds. The molecule has 0 aliphatic rings. The van der Waals surface area contributed by atoms with E-state index < -0.39 is 8.07 Å². The molecule has 0 heterocycles. The van der Waals surface area contributed by atoms with Crippen LogP contribution in [0.4, 0.5) is 0 Å². The predicted octanol–water partition coefficient (Wildman–Crippen LogP) is 6.89. The van der Waals surface area contributed by atoms with Gasteiger partial charge >= 0.3 is 0 Å². The second-order valence-corrected chi connectivity index (χ2v) is 12.5. The summed E-state index contributed by atoms with van der Waals surface area (Å²) in [5.74, 6) is 3.52. The van der Waals surface area contributed by atoms with Gasteiger partial charge in [-0.05, 0) is 33.2 Å². The Bertz CT molecular complexity index is 1160. The molecular weight excluding hydrogens is 328 g/mol. The highest BCUT2D eigenvalue weighted by Crippen LogP contribution is 2.36. The molecule has 1 heteroatoms. The van der Waals surface area contributed by atoms with Gasteiger partial charge < -0.3 is 0 Å². The summed E-state index contributed by atoms with van der Waals surface area (Å²) in [5.41, 5.74) is 7.20. The first-order chi connectivity index (χ1) is 12.5. The van der Waals surface area contributed by atoms with Crippen molar-refractivity contribution in [1.82, 2.24) is 0 Å². The Morgan fingerprint density at radius 2 is 1.23 bits per heavy atom. The summed E-state index contributed by atoms with van der Waals surface area (Å²) in [4.78, 5) is 0. The van der Waals surface area contributed by atoms with Crippen molar-refractivity contribution in [1.29, 1.82) is 0 Å². The first-order valence-corrected chi connectivity index (χ1v) is 12.6. The van der Waals surface area contributed by atoms with E-state index in [2.05, 4.69) is 110 Å². The van der Waals surface area contributed by atoms with Crippen LogP contribution >= 0.6 is 0 Å². The molecule has 0 atom stereocenters. The topological polar surface area (TPSA) is 0 Å². The number of benzene rings is 4. The number of fused-ring (bicyclic) bond motifs is 2. The molecule has 0 bridgehead atoms. The minimum absolute atomic E-state index is 1.13. The van der Waals surface area contributed by atoms with E-state index in [4.69, 9.17) is 0 Å². The van der Waals surface area contributed by atoms with Gasteiger partial charge in [-0.25, -0.2) is 0 Å². The molecule has 4 aromatic rings. The minimum Gasteiger partial charge on any atom is -0.127 e. The monoisotopic (exact) mass is 350 g/mol. The van der Waals surface area contributed by atoms with Gasteiger partial charge in [0, 0.05) is 11.1 Å². The van der Waals surface area contributed by atoms with Gasteiger partial charge in [0.25, 0.3) is 0 Å². The molecule has 0 spiro atoms. The highest BCUT2D eigenvalue weighted by molar-refractivity contribution is 6.83. The van der Waals surface area contributed by atoms with Gasteiger partial charge in [0.05, 0.1) is 0 Å². The van der Waals surface area contributed by atoms with Gasteiger partial charge in [0.15, 0.2) is 0 Å². The summed E-state index contributed by atoms with van der Waals surface area (Å²) < 4.78 is 0. The van der Waals surface area contributed by atoms with Gasteiger partial charge in [-0.3, -0.25) is 0 Å². The third kappa shape index (κ3) is 3.17. The van der Waals surface area contributed by atoms with E-state index in [9.17, 15) is 0 Å².